The van der Waals surface area contributed by atoms with Gasteiger partial charge < -0.3 is 4.90 Å². The average Bonchev–Trinajstić information content (AvgIpc) is 3.23. The van der Waals surface area contributed by atoms with Crippen LogP contribution in [0.3, 0.4) is 0 Å². The molecule has 4 rings (SSSR count). The highest BCUT2D eigenvalue weighted by Crippen LogP contribution is 2.43. The predicted octanol–water partition coefficient (Wildman–Crippen LogP) is 4.94. The number of hydrogen-bond acceptors (Lipinski definition) is 2. The quantitative estimate of drug-likeness (QED) is 0.750. The molecular formula is C17H15Cl2NOS. The molecule has 0 saturated heterocycles. The van der Waals surface area contributed by atoms with Crippen molar-refractivity contribution in [2.45, 2.75) is 25.3 Å². The maximum atomic E-state index is 12.7. The smallest absolute Gasteiger partial charge is 0.226 e. The van der Waals surface area contributed by atoms with Crippen molar-refractivity contribution < 1.29 is 4.79 Å². The van der Waals surface area contributed by atoms with Gasteiger partial charge in [0.25, 0.3) is 0 Å². The SMILES string of the molecule is O=C(C1CC1)N1CCc2sccc2C1c1ccc(Cl)cc1Cl. The lowest BCUT2D eigenvalue weighted by molar-refractivity contribution is -0.134. The van der Waals surface area contributed by atoms with Gasteiger partial charge in [0, 0.05) is 27.4 Å². The van der Waals surface area contributed by atoms with Crippen LogP contribution in [0.5, 0.6) is 0 Å². The Morgan fingerprint density at radius 1 is 1.18 bits per heavy atom. The minimum absolute atomic E-state index is 0.0760. The van der Waals surface area contributed by atoms with Crippen LogP contribution in [0.1, 0.15) is 34.9 Å². The maximum Gasteiger partial charge on any atom is 0.226 e. The third-order valence-electron chi connectivity index (χ3n) is 4.43. The van der Waals surface area contributed by atoms with Crippen molar-refractivity contribution in [3.05, 3.63) is 55.7 Å². The molecule has 2 aliphatic rings. The summed E-state index contributed by atoms with van der Waals surface area (Å²) in [5, 5.41) is 3.35. The molecule has 22 heavy (non-hydrogen) atoms. The second kappa shape index (κ2) is 5.55. The van der Waals surface area contributed by atoms with E-state index in [0.717, 1.165) is 31.4 Å². The van der Waals surface area contributed by atoms with Crippen molar-refractivity contribution in [2.24, 2.45) is 5.92 Å². The monoisotopic (exact) mass is 351 g/mol. The largest absolute Gasteiger partial charge is 0.331 e. The van der Waals surface area contributed by atoms with E-state index in [2.05, 4.69) is 11.4 Å². The van der Waals surface area contributed by atoms with E-state index in [-0.39, 0.29) is 17.9 Å². The Kier molecular flexibility index (Phi) is 3.67. The maximum absolute atomic E-state index is 12.7. The fraction of sp³-hybridized carbons (Fsp3) is 0.353. The number of fused-ring (bicyclic) bond motifs is 1. The molecule has 1 aromatic heterocycles. The van der Waals surface area contributed by atoms with Gasteiger partial charge in [0.15, 0.2) is 0 Å². The molecule has 2 nitrogen and oxygen atoms in total. The van der Waals surface area contributed by atoms with Crippen LogP contribution >= 0.6 is 34.5 Å². The molecule has 0 N–H and O–H groups in total. The minimum Gasteiger partial charge on any atom is -0.331 e. The molecule has 0 spiro atoms. The van der Waals surface area contributed by atoms with Crippen LogP contribution in [0.4, 0.5) is 0 Å². The summed E-state index contributed by atoms with van der Waals surface area (Å²) in [6, 6.07) is 7.62. The topological polar surface area (TPSA) is 20.3 Å². The fourth-order valence-electron chi connectivity index (χ4n) is 3.18. The minimum atomic E-state index is -0.0760. The van der Waals surface area contributed by atoms with E-state index in [1.165, 1.54) is 10.4 Å². The lowest BCUT2D eigenvalue weighted by Gasteiger charge is -2.37. The molecule has 1 atom stereocenters. The van der Waals surface area contributed by atoms with Gasteiger partial charge in [-0.3, -0.25) is 4.79 Å². The first-order chi connectivity index (χ1) is 10.6. The molecule has 1 aliphatic carbocycles. The standard InChI is InChI=1S/C17H15Cl2NOS/c18-11-3-4-12(14(19)9-11)16-13-6-8-22-15(13)5-7-20(16)17(21)10-1-2-10/h3-4,6,8-10,16H,1-2,5,7H2. The molecule has 1 fully saturated rings. The van der Waals surface area contributed by atoms with Gasteiger partial charge in [-0.1, -0.05) is 29.3 Å². The highest BCUT2D eigenvalue weighted by Gasteiger charge is 2.40. The van der Waals surface area contributed by atoms with E-state index in [0.29, 0.717) is 10.0 Å². The number of carbonyl (C=O) groups excluding carboxylic acids is 1. The molecule has 0 radical (unpaired) electrons. The summed E-state index contributed by atoms with van der Waals surface area (Å²) in [5.41, 5.74) is 2.19. The zero-order chi connectivity index (χ0) is 15.3. The Morgan fingerprint density at radius 3 is 2.73 bits per heavy atom. The fourth-order valence-corrected chi connectivity index (χ4v) is 4.59. The number of amides is 1. The number of thiophene rings is 1. The second-order valence-corrected chi connectivity index (χ2v) is 7.77. The third kappa shape index (κ3) is 2.45. The molecule has 114 valence electrons. The van der Waals surface area contributed by atoms with Crippen molar-refractivity contribution in [1.29, 1.82) is 0 Å². The molecule has 1 aliphatic heterocycles. The number of halogens is 2. The summed E-state index contributed by atoms with van der Waals surface area (Å²) in [5.74, 6) is 0.488. The second-order valence-electron chi connectivity index (χ2n) is 5.92. The number of benzene rings is 1. The van der Waals surface area contributed by atoms with Gasteiger partial charge in [-0.15, -0.1) is 11.3 Å². The van der Waals surface area contributed by atoms with Gasteiger partial charge in [-0.05, 0) is 54.0 Å². The van der Waals surface area contributed by atoms with Gasteiger partial charge in [-0.2, -0.15) is 0 Å². The van der Waals surface area contributed by atoms with E-state index >= 15 is 0 Å². The number of hydrogen-bond donors (Lipinski definition) is 0. The molecule has 0 bridgehead atoms. The Balaban J connectivity index is 1.81. The Labute approximate surface area is 143 Å². The average molecular weight is 352 g/mol. The van der Waals surface area contributed by atoms with Crippen LogP contribution in [0.25, 0.3) is 0 Å². The van der Waals surface area contributed by atoms with E-state index in [1.807, 2.05) is 17.0 Å². The van der Waals surface area contributed by atoms with Crippen molar-refractivity contribution in [1.82, 2.24) is 4.90 Å². The summed E-state index contributed by atoms with van der Waals surface area (Å²) in [7, 11) is 0. The van der Waals surface area contributed by atoms with Crippen molar-refractivity contribution in [2.75, 3.05) is 6.54 Å². The molecule has 1 saturated carbocycles. The van der Waals surface area contributed by atoms with Gasteiger partial charge >= 0.3 is 0 Å². The van der Waals surface area contributed by atoms with Crippen LogP contribution in [-0.4, -0.2) is 17.4 Å². The van der Waals surface area contributed by atoms with Crippen LogP contribution in [0.15, 0.2) is 29.6 Å². The lowest BCUT2D eigenvalue weighted by Crippen LogP contribution is -2.41. The van der Waals surface area contributed by atoms with E-state index in [9.17, 15) is 4.79 Å². The van der Waals surface area contributed by atoms with Crippen molar-refractivity contribution in [3.8, 4) is 0 Å². The van der Waals surface area contributed by atoms with Gasteiger partial charge in [0.1, 0.15) is 0 Å². The first-order valence-corrected chi connectivity index (χ1v) is 9.10. The number of rotatable bonds is 2. The highest BCUT2D eigenvalue weighted by molar-refractivity contribution is 7.10. The number of carbonyl (C=O) groups is 1. The van der Waals surface area contributed by atoms with Crippen LogP contribution in [-0.2, 0) is 11.2 Å². The normalized spacial score (nSPS) is 20.8. The molecule has 1 aromatic carbocycles. The molecular weight excluding hydrogens is 337 g/mol. The van der Waals surface area contributed by atoms with Gasteiger partial charge in [0.05, 0.1) is 6.04 Å². The number of nitrogens with zero attached hydrogens (tertiary/aromatic N) is 1. The van der Waals surface area contributed by atoms with Crippen LogP contribution in [0.2, 0.25) is 10.0 Å². The van der Waals surface area contributed by atoms with E-state index in [1.54, 1.807) is 17.4 Å². The molecule has 5 heteroatoms. The lowest BCUT2D eigenvalue weighted by atomic mass is 9.92. The van der Waals surface area contributed by atoms with Crippen LogP contribution < -0.4 is 0 Å². The predicted molar refractivity (Wildman–Crippen MR) is 90.8 cm³/mol. The first-order valence-electron chi connectivity index (χ1n) is 7.47. The first kappa shape index (κ1) is 14.6. The summed E-state index contributed by atoms with van der Waals surface area (Å²) in [4.78, 5) is 16.1. The Morgan fingerprint density at radius 2 is 2.00 bits per heavy atom. The molecule has 1 amide bonds. The van der Waals surface area contributed by atoms with Crippen LogP contribution in [0, 0.1) is 5.92 Å². The van der Waals surface area contributed by atoms with Crippen molar-refractivity contribution in [3.63, 3.8) is 0 Å². The zero-order valence-corrected chi connectivity index (χ0v) is 14.2. The highest BCUT2D eigenvalue weighted by atomic mass is 35.5. The summed E-state index contributed by atoms with van der Waals surface area (Å²) < 4.78 is 0. The summed E-state index contributed by atoms with van der Waals surface area (Å²) in [6.07, 6.45) is 2.98. The Hall–Kier alpha value is -1.03. The third-order valence-corrected chi connectivity index (χ3v) is 5.99. The van der Waals surface area contributed by atoms with E-state index < -0.39 is 0 Å². The van der Waals surface area contributed by atoms with Gasteiger partial charge in [-0.25, -0.2) is 0 Å². The summed E-state index contributed by atoms with van der Waals surface area (Å²) in [6.45, 7) is 0.770. The molecule has 2 heterocycles. The van der Waals surface area contributed by atoms with Gasteiger partial charge in [0.2, 0.25) is 5.91 Å². The zero-order valence-electron chi connectivity index (χ0n) is 11.9. The molecule has 1 unspecified atom stereocenters. The van der Waals surface area contributed by atoms with E-state index in [4.69, 9.17) is 23.2 Å². The van der Waals surface area contributed by atoms with Crippen molar-refractivity contribution >= 4 is 40.4 Å². The molecule has 2 aromatic rings. The summed E-state index contributed by atoms with van der Waals surface area (Å²) >= 11 is 14.2. The Bertz CT molecular complexity index is 738.